The largest absolute Gasteiger partial charge is 0.379 e. The molecule has 3 rings (SSSR count). The van der Waals surface area contributed by atoms with Crippen molar-refractivity contribution in [3.05, 3.63) is 35.9 Å². The number of aliphatic imine (C=N–C) groups is 1. The molecule has 2 saturated heterocycles. The first-order valence-corrected chi connectivity index (χ1v) is 10.5. The molecular weight excluding hydrogens is 465 g/mol. The van der Waals surface area contributed by atoms with Crippen LogP contribution in [0.4, 0.5) is 0 Å². The van der Waals surface area contributed by atoms with Crippen molar-refractivity contribution in [1.82, 2.24) is 20.4 Å². The first kappa shape index (κ1) is 23.4. The highest BCUT2D eigenvalue weighted by Gasteiger charge is 2.24. The molecule has 2 heterocycles. The molecule has 1 aromatic rings. The summed E-state index contributed by atoms with van der Waals surface area (Å²) < 4.78 is 5.41. The lowest BCUT2D eigenvalue weighted by atomic mass is 10.2. The SMILES string of the molecule is CCNC(=NCC1CCCN1Cc1ccccc1)NCCN1CCOCC1.I. The van der Waals surface area contributed by atoms with Gasteiger partial charge in [0.2, 0.25) is 0 Å². The van der Waals surface area contributed by atoms with Crippen LogP contribution in [0.5, 0.6) is 0 Å². The first-order valence-electron chi connectivity index (χ1n) is 10.5. The van der Waals surface area contributed by atoms with Gasteiger partial charge in [-0.25, -0.2) is 0 Å². The molecule has 2 aliphatic heterocycles. The van der Waals surface area contributed by atoms with E-state index in [0.717, 1.165) is 65.0 Å². The van der Waals surface area contributed by atoms with Gasteiger partial charge in [-0.2, -0.15) is 0 Å². The van der Waals surface area contributed by atoms with Crippen LogP contribution in [-0.2, 0) is 11.3 Å². The van der Waals surface area contributed by atoms with E-state index in [1.54, 1.807) is 0 Å². The molecule has 2 fully saturated rings. The van der Waals surface area contributed by atoms with Crippen LogP contribution in [0, 0.1) is 0 Å². The molecule has 0 spiro atoms. The minimum absolute atomic E-state index is 0. The molecule has 28 heavy (non-hydrogen) atoms. The normalized spacial score (nSPS) is 21.3. The molecule has 2 N–H and O–H groups in total. The Kier molecular flexibility index (Phi) is 11.1. The number of likely N-dealkylation sites (tertiary alicyclic amines) is 1. The molecule has 7 heteroatoms. The molecule has 1 aromatic carbocycles. The Balaban J connectivity index is 0.00000280. The maximum absolute atomic E-state index is 5.41. The van der Waals surface area contributed by atoms with Crippen LogP contribution in [-0.4, -0.2) is 80.8 Å². The van der Waals surface area contributed by atoms with Crippen molar-refractivity contribution < 1.29 is 4.74 Å². The molecule has 1 unspecified atom stereocenters. The predicted octanol–water partition coefficient (Wildman–Crippen LogP) is 2.16. The van der Waals surface area contributed by atoms with Crippen molar-refractivity contribution in [1.29, 1.82) is 0 Å². The summed E-state index contributed by atoms with van der Waals surface area (Å²) >= 11 is 0. The molecule has 0 amide bonds. The van der Waals surface area contributed by atoms with Gasteiger partial charge < -0.3 is 15.4 Å². The van der Waals surface area contributed by atoms with Crippen LogP contribution >= 0.6 is 24.0 Å². The summed E-state index contributed by atoms with van der Waals surface area (Å²) in [5.41, 5.74) is 1.39. The van der Waals surface area contributed by atoms with E-state index in [9.17, 15) is 0 Å². The fourth-order valence-corrected chi connectivity index (χ4v) is 3.82. The number of nitrogens with one attached hydrogen (secondary N) is 2. The van der Waals surface area contributed by atoms with Gasteiger partial charge in [0, 0.05) is 45.3 Å². The minimum Gasteiger partial charge on any atom is -0.379 e. The van der Waals surface area contributed by atoms with E-state index >= 15 is 0 Å². The number of hydrogen-bond acceptors (Lipinski definition) is 4. The quantitative estimate of drug-likeness (QED) is 0.325. The fraction of sp³-hybridized carbons (Fsp3) is 0.667. The van der Waals surface area contributed by atoms with E-state index in [1.807, 2.05) is 0 Å². The number of halogens is 1. The Morgan fingerprint density at radius 2 is 1.93 bits per heavy atom. The monoisotopic (exact) mass is 501 g/mol. The Morgan fingerprint density at radius 1 is 1.14 bits per heavy atom. The number of hydrogen-bond donors (Lipinski definition) is 2. The van der Waals surface area contributed by atoms with Crippen LogP contribution < -0.4 is 10.6 Å². The summed E-state index contributed by atoms with van der Waals surface area (Å²) in [5.74, 6) is 0.942. The summed E-state index contributed by atoms with van der Waals surface area (Å²) in [7, 11) is 0. The van der Waals surface area contributed by atoms with Gasteiger partial charge in [-0.05, 0) is 31.9 Å². The van der Waals surface area contributed by atoms with Gasteiger partial charge in [0.1, 0.15) is 0 Å². The molecule has 0 bridgehead atoms. The van der Waals surface area contributed by atoms with E-state index < -0.39 is 0 Å². The third-order valence-electron chi connectivity index (χ3n) is 5.36. The Bertz CT molecular complexity index is 565. The van der Waals surface area contributed by atoms with E-state index in [-0.39, 0.29) is 24.0 Å². The van der Waals surface area contributed by atoms with Gasteiger partial charge in [0.15, 0.2) is 5.96 Å². The maximum Gasteiger partial charge on any atom is 0.191 e. The zero-order chi connectivity index (χ0) is 18.7. The van der Waals surface area contributed by atoms with Crippen molar-refractivity contribution in [2.24, 2.45) is 4.99 Å². The smallest absolute Gasteiger partial charge is 0.191 e. The van der Waals surface area contributed by atoms with E-state index in [0.29, 0.717) is 6.04 Å². The zero-order valence-corrected chi connectivity index (χ0v) is 19.4. The summed E-state index contributed by atoms with van der Waals surface area (Å²) in [4.78, 5) is 9.90. The molecule has 0 radical (unpaired) electrons. The van der Waals surface area contributed by atoms with E-state index in [2.05, 4.69) is 57.7 Å². The van der Waals surface area contributed by atoms with E-state index in [1.165, 1.54) is 24.9 Å². The molecule has 1 atom stereocenters. The van der Waals surface area contributed by atoms with Gasteiger partial charge in [0.05, 0.1) is 19.8 Å². The van der Waals surface area contributed by atoms with E-state index in [4.69, 9.17) is 9.73 Å². The van der Waals surface area contributed by atoms with Crippen molar-refractivity contribution >= 4 is 29.9 Å². The molecule has 0 saturated carbocycles. The van der Waals surface area contributed by atoms with Crippen LogP contribution in [0.3, 0.4) is 0 Å². The minimum atomic E-state index is 0. The molecule has 6 nitrogen and oxygen atoms in total. The zero-order valence-electron chi connectivity index (χ0n) is 17.1. The average molecular weight is 501 g/mol. The molecule has 158 valence electrons. The standard InChI is InChI=1S/C21H35N5O.HI/c1-2-22-21(23-10-12-25-13-15-27-16-14-25)24-17-20-9-6-11-26(20)18-19-7-4-3-5-8-19;/h3-5,7-8,20H,2,6,9-18H2,1H3,(H2,22,23,24);1H. The summed E-state index contributed by atoms with van der Waals surface area (Å²) in [5, 5.41) is 6.88. The van der Waals surface area contributed by atoms with Crippen molar-refractivity contribution in [3.8, 4) is 0 Å². The number of rotatable bonds is 8. The Labute approximate surface area is 187 Å². The van der Waals surface area contributed by atoms with Crippen molar-refractivity contribution in [2.75, 3.05) is 59.0 Å². The second-order valence-corrected chi connectivity index (χ2v) is 7.35. The number of morpholine rings is 1. The number of nitrogens with zero attached hydrogens (tertiary/aromatic N) is 3. The highest BCUT2D eigenvalue weighted by molar-refractivity contribution is 14.0. The summed E-state index contributed by atoms with van der Waals surface area (Å²) in [6, 6.07) is 11.3. The second-order valence-electron chi connectivity index (χ2n) is 7.35. The van der Waals surface area contributed by atoms with Crippen LogP contribution in [0.1, 0.15) is 25.3 Å². The predicted molar refractivity (Wildman–Crippen MR) is 127 cm³/mol. The Morgan fingerprint density at radius 3 is 2.68 bits per heavy atom. The topological polar surface area (TPSA) is 52.1 Å². The van der Waals surface area contributed by atoms with Crippen LogP contribution in [0.15, 0.2) is 35.3 Å². The fourth-order valence-electron chi connectivity index (χ4n) is 3.82. The van der Waals surface area contributed by atoms with Gasteiger partial charge >= 0.3 is 0 Å². The van der Waals surface area contributed by atoms with Gasteiger partial charge in [-0.1, -0.05) is 30.3 Å². The lowest BCUT2D eigenvalue weighted by Gasteiger charge is -2.27. The van der Waals surface area contributed by atoms with Crippen molar-refractivity contribution in [3.63, 3.8) is 0 Å². The van der Waals surface area contributed by atoms with Crippen LogP contribution in [0.25, 0.3) is 0 Å². The average Bonchev–Trinajstić information content (AvgIpc) is 3.14. The summed E-state index contributed by atoms with van der Waals surface area (Å²) in [6.45, 7) is 11.8. The lowest BCUT2D eigenvalue weighted by molar-refractivity contribution is 0.0389. The highest BCUT2D eigenvalue weighted by atomic mass is 127. The second kappa shape index (κ2) is 13.3. The van der Waals surface area contributed by atoms with Crippen molar-refractivity contribution in [2.45, 2.75) is 32.4 Å². The third kappa shape index (κ3) is 7.85. The Hall–Kier alpha value is -0.900. The third-order valence-corrected chi connectivity index (χ3v) is 5.36. The molecule has 0 aliphatic carbocycles. The number of ether oxygens (including phenoxy) is 1. The molecule has 2 aliphatic rings. The van der Waals surface area contributed by atoms with Gasteiger partial charge in [-0.3, -0.25) is 14.8 Å². The van der Waals surface area contributed by atoms with Gasteiger partial charge in [0.25, 0.3) is 0 Å². The lowest BCUT2D eigenvalue weighted by Crippen LogP contribution is -2.44. The highest BCUT2D eigenvalue weighted by Crippen LogP contribution is 2.20. The molecular formula is C21H36IN5O. The summed E-state index contributed by atoms with van der Waals surface area (Å²) in [6.07, 6.45) is 2.51. The first-order chi connectivity index (χ1) is 13.3. The van der Waals surface area contributed by atoms with Crippen LogP contribution in [0.2, 0.25) is 0 Å². The van der Waals surface area contributed by atoms with Gasteiger partial charge in [-0.15, -0.1) is 24.0 Å². The maximum atomic E-state index is 5.41. The number of benzene rings is 1. The molecule has 0 aromatic heterocycles. The number of guanidine groups is 1.